The summed E-state index contributed by atoms with van der Waals surface area (Å²) in [5.41, 5.74) is 1.79. The molecular formula is C11H11N3O2. The Kier molecular flexibility index (Phi) is 2.95. The first-order valence-electron chi connectivity index (χ1n) is 4.86. The minimum absolute atomic E-state index is 0.248. The second-order valence-electron chi connectivity index (χ2n) is 3.33. The number of ether oxygens (including phenoxy) is 1. The molecule has 2 rings (SSSR count). The van der Waals surface area contributed by atoms with E-state index in [1.54, 1.807) is 6.92 Å². The van der Waals surface area contributed by atoms with Gasteiger partial charge in [-0.3, -0.25) is 5.10 Å². The lowest BCUT2D eigenvalue weighted by molar-refractivity contribution is 0.0465. The third-order valence-electron chi connectivity index (χ3n) is 2.14. The Morgan fingerprint density at radius 3 is 2.75 bits per heavy atom. The molecule has 0 bridgehead atoms. The maximum atomic E-state index is 11.6. The number of hydrogen-bond donors (Lipinski definition) is 1. The van der Waals surface area contributed by atoms with Crippen LogP contribution in [0.1, 0.15) is 21.7 Å². The predicted molar refractivity (Wildman–Crippen MR) is 56.7 cm³/mol. The number of aromatic amines is 1. The monoisotopic (exact) mass is 217 g/mol. The SMILES string of the molecule is Cc1nn[nH]c1C(=O)OCc1ccccc1. The number of nitrogens with one attached hydrogen (secondary N) is 1. The second-order valence-corrected chi connectivity index (χ2v) is 3.33. The Hall–Kier alpha value is -2.17. The van der Waals surface area contributed by atoms with Gasteiger partial charge in [-0.05, 0) is 12.5 Å². The Morgan fingerprint density at radius 2 is 2.12 bits per heavy atom. The number of aromatic nitrogens is 3. The Labute approximate surface area is 92.4 Å². The summed E-state index contributed by atoms with van der Waals surface area (Å²) >= 11 is 0. The normalized spacial score (nSPS) is 10.1. The van der Waals surface area contributed by atoms with Gasteiger partial charge in [0.05, 0.1) is 5.69 Å². The van der Waals surface area contributed by atoms with Crippen molar-refractivity contribution in [3.63, 3.8) is 0 Å². The van der Waals surface area contributed by atoms with Crippen LogP contribution in [0.2, 0.25) is 0 Å². The van der Waals surface area contributed by atoms with Gasteiger partial charge in [0.2, 0.25) is 0 Å². The Bertz CT molecular complexity index is 479. The maximum Gasteiger partial charge on any atom is 0.358 e. The van der Waals surface area contributed by atoms with Crippen LogP contribution in [-0.4, -0.2) is 21.4 Å². The number of carbonyl (C=O) groups is 1. The zero-order valence-electron chi connectivity index (χ0n) is 8.80. The highest BCUT2D eigenvalue weighted by Gasteiger charge is 2.13. The van der Waals surface area contributed by atoms with E-state index in [-0.39, 0.29) is 6.61 Å². The quantitative estimate of drug-likeness (QED) is 0.790. The number of esters is 1. The Morgan fingerprint density at radius 1 is 1.38 bits per heavy atom. The molecule has 82 valence electrons. The fourth-order valence-corrected chi connectivity index (χ4v) is 1.27. The molecule has 0 saturated carbocycles. The van der Waals surface area contributed by atoms with Crippen LogP contribution in [0.4, 0.5) is 0 Å². The molecule has 1 heterocycles. The topological polar surface area (TPSA) is 67.9 Å². The first kappa shape index (κ1) is 10.4. The predicted octanol–water partition coefficient (Wildman–Crippen LogP) is 1.47. The molecule has 0 unspecified atom stereocenters. The average molecular weight is 217 g/mol. The Balaban J connectivity index is 1.97. The van der Waals surface area contributed by atoms with E-state index in [9.17, 15) is 4.79 Å². The lowest BCUT2D eigenvalue weighted by Gasteiger charge is -2.03. The fraction of sp³-hybridized carbons (Fsp3) is 0.182. The van der Waals surface area contributed by atoms with Gasteiger partial charge >= 0.3 is 5.97 Å². The van der Waals surface area contributed by atoms with Crippen molar-refractivity contribution in [2.45, 2.75) is 13.5 Å². The van der Waals surface area contributed by atoms with Crippen molar-refractivity contribution in [1.82, 2.24) is 15.4 Å². The summed E-state index contributed by atoms with van der Waals surface area (Å²) in [6, 6.07) is 9.49. The summed E-state index contributed by atoms with van der Waals surface area (Å²) in [4.78, 5) is 11.6. The number of carbonyl (C=O) groups excluding carboxylic acids is 1. The number of rotatable bonds is 3. The molecule has 0 atom stereocenters. The zero-order chi connectivity index (χ0) is 11.4. The zero-order valence-corrected chi connectivity index (χ0v) is 8.80. The second kappa shape index (κ2) is 4.57. The summed E-state index contributed by atoms with van der Waals surface area (Å²) in [6.45, 7) is 1.95. The van der Waals surface area contributed by atoms with E-state index in [0.29, 0.717) is 11.4 Å². The van der Waals surface area contributed by atoms with Gasteiger partial charge in [-0.15, -0.1) is 5.10 Å². The van der Waals surface area contributed by atoms with Gasteiger partial charge in [0.15, 0.2) is 5.69 Å². The number of H-pyrrole nitrogens is 1. The van der Waals surface area contributed by atoms with Gasteiger partial charge in [0.25, 0.3) is 0 Å². The lowest BCUT2D eigenvalue weighted by Crippen LogP contribution is -2.07. The van der Waals surface area contributed by atoms with Crippen LogP contribution in [0.15, 0.2) is 30.3 Å². The van der Waals surface area contributed by atoms with E-state index < -0.39 is 5.97 Å². The van der Waals surface area contributed by atoms with Crippen molar-refractivity contribution >= 4 is 5.97 Å². The van der Waals surface area contributed by atoms with E-state index in [0.717, 1.165) is 5.56 Å². The first-order chi connectivity index (χ1) is 7.77. The van der Waals surface area contributed by atoms with Crippen molar-refractivity contribution in [1.29, 1.82) is 0 Å². The molecule has 0 amide bonds. The van der Waals surface area contributed by atoms with Crippen LogP contribution in [-0.2, 0) is 11.3 Å². The lowest BCUT2D eigenvalue weighted by atomic mass is 10.2. The largest absolute Gasteiger partial charge is 0.456 e. The van der Waals surface area contributed by atoms with Crippen molar-refractivity contribution in [3.8, 4) is 0 Å². The third kappa shape index (κ3) is 2.25. The van der Waals surface area contributed by atoms with Crippen LogP contribution in [0.25, 0.3) is 0 Å². The van der Waals surface area contributed by atoms with Crippen molar-refractivity contribution in [3.05, 3.63) is 47.3 Å². The highest BCUT2D eigenvalue weighted by atomic mass is 16.5. The van der Waals surface area contributed by atoms with Gasteiger partial charge in [0, 0.05) is 0 Å². The third-order valence-corrected chi connectivity index (χ3v) is 2.14. The molecule has 0 spiro atoms. The van der Waals surface area contributed by atoms with Crippen molar-refractivity contribution in [2.75, 3.05) is 0 Å². The molecule has 2 aromatic rings. The minimum Gasteiger partial charge on any atom is -0.456 e. The smallest absolute Gasteiger partial charge is 0.358 e. The highest BCUT2D eigenvalue weighted by Crippen LogP contribution is 2.05. The summed E-state index contributed by atoms with van der Waals surface area (Å²) in [5, 5.41) is 9.71. The number of nitrogens with zero attached hydrogens (tertiary/aromatic N) is 2. The van der Waals surface area contributed by atoms with Gasteiger partial charge in [0.1, 0.15) is 6.61 Å². The summed E-state index contributed by atoms with van der Waals surface area (Å²) in [6.07, 6.45) is 0. The van der Waals surface area contributed by atoms with Crippen LogP contribution >= 0.6 is 0 Å². The van der Waals surface area contributed by atoms with Gasteiger partial charge in [-0.25, -0.2) is 4.79 Å². The molecule has 1 aromatic heterocycles. The van der Waals surface area contributed by atoms with E-state index in [1.165, 1.54) is 0 Å². The molecule has 0 fully saturated rings. The maximum absolute atomic E-state index is 11.6. The summed E-state index contributed by atoms with van der Waals surface area (Å²) in [7, 11) is 0. The molecule has 5 nitrogen and oxygen atoms in total. The fourth-order valence-electron chi connectivity index (χ4n) is 1.27. The van der Waals surface area contributed by atoms with Crippen molar-refractivity contribution in [2.24, 2.45) is 0 Å². The molecule has 0 saturated heterocycles. The van der Waals surface area contributed by atoms with E-state index >= 15 is 0 Å². The molecule has 1 aromatic carbocycles. The average Bonchev–Trinajstić information content (AvgIpc) is 2.74. The van der Waals surface area contributed by atoms with Crippen LogP contribution < -0.4 is 0 Å². The first-order valence-corrected chi connectivity index (χ1v) is 4.86. The van der Waals surface area contributed by atoms with E-state index in [1.807, 2.05) is 30.3 Å². The summed E-state index contributed by atoms with van der Waals surface area (Å²) in [5.74, 6) is -0.439. The van der Waals surface area contributed by atoms with Gasteiger partial charge in [-0.2, -0.15) is 0 Å². The minimum atomic E-state index is -0.439. The van der Waals surface area contributed by atoms with Crippen molar-refractivity contribution < 1.29 is 9.53 Å². The number of hydrogen-bond acceptors (Lipinski definition) is 4. The number of aryl methyl sites for hydroxylation is 1. The molecule has 5 heteroatoms. The molecule has 16 heavy (non-hydrogen) atoms. The van der Waals surface area contributed by atoms with E-state index in [4.69, 9.17) is 4.74 Å². The van der Waals surface area contributed by atoms with Crippen LogP contribution in [0.3, 0.4) is 0 Å². The molecule has 0 radical (unpaired) electrons. The molecule has 0 aliphatic heterocycles. The highest BCUT2D eigenvalue weighted by molar-refractivity contribution is 5.88. The summed E-state index contributed by atoms with van der Waals surface area (Å²) < 4.78 is 5.10. The number of benzene rings is 1. The molecule has 1 N–H and O–H groups in total. The van der Waals surface area contributed by atoms with Gasteiger partial charge in [-0.1, -0.05) is 35.5 Å². The standard InChI is InChI=1S/C11H11N3O2/c1-8-10(13-14-12-8)11(15)16-7-9-5-3-2-4-6-9/h2-6H,7H2,1H3,(H,12,13,14). The van der Waals surface area contributed by atoms with Crippen LogP contribution in [0, 0.1) is 6.92 Å². The van der Waals surface area contributed by atoms with Gasteiger partial charge < -0.3 is 4.74 Å². The van der Waals surface area contributed by atoms with Crippen LogP contribution in [0.5, 0.6) is 0 Å². The van der Waals surface area contributed by atoms with E-state index in [2.05, 4.69) is 15.4 Å². The molecule has 0 aliphatic carbocycles. The molecular weight excluding hydrogens is 206 g/mol. The molecule has 0 aliphatic rings.